The van der Waals surface area contributed by atoms with E-state index in [4.69, 9.17) is 4.74 Å². The van der Waals surface area contributed by atoms with Crippen molar-refractivity contribution in [3.8, 4) is 0 Å². The van der Waals surface area contributed by atoms with Gasteiger partial charge >= 0.3 is 5.97 Å². The Kier molecular flexibility index (Phi) is 9.42. The molecule has 0 aromatic heterocycles. The molecule has 4 nitrogen and oxygen atoms in total. The van der Waals surface area contributed by atoms with Gasteiger partial charge in [-0.25, -0.2) is 4.79 Å². The number of carbonyl (C=O) groups is 1. The maximum Gasteiger partial charge on any atom is 0.338 e. The maximum atomic E-state index is 13.2. The number of ether oxygens (including phenoxy) is 1. The van der Waals surface area contributed by atoms with Crippen LogP contribution in [-0.4, -0.2) is 12.1 Å². The summed E-state index contributed by atoms with van der Waals surface area (Å²) in [6, 6.07) is 15.2. The fraction of sp³-hybridized carbons (Fsp3) is 0.634. The Hall–Kier alpha value is -2.75. The van der Waals surface area contributed by atoms with Crippen LogP contribution in [0.5, 0.6) is 0 Å². The molecular weight excluding hydrogens is 552 g/mol. The van der Waals surface area contributed by atoms with Crippen LogP contribution in [0.4, 0.5) is 11.4 Å². The minimum Gasteiger partial charge on any atom is -0.458 e. The van der Waals surface area contributed by atoms with E-state index in [0.717, 1.165) is 66.1 Å². The first kappa shape index (κ1) is 32.2. The molecule has 45 heavy (non-hydrogen) atoms. The molecular formula is C41H56N2O2. The molecule has 8 atom stereocenters. The Bertz CT molecular complexity index is 1390. The van der Waals surface area contributed by atoms with E-state index in [2.05, 4.69) is 57.8 Å². The molecule has 8 unspecified atom stereocenters. The van der Waals surface area contributed by atoms with E-state index < -0.39 is 0 Å². The molecule has 4 aliphatic rings. The lowest BCUT2D eigenvalue weighted by Gasteiger charge is -2.58. The van der Waals surface area contributed by atoms with Gasteiger partial charge in [-0.15, -0.1) is 0 Å². The van der Waals surface area contributed by atoms with Crippen molar-refractivity contribution in [2.45, 2.75) is 118 Å². The molecule has 2 aromatic carbocycles. The van der Waals surface area contributed by atoms with E-state index in [0.29, 0.717) is 11.0 Å². The van der Waals surface area contributed by atoms with Gasteiger partial charge in [0.1, 0.15) is 6.10 Å². The van der Waals surface area contributed by atoms with E-state index in [1.807, 2.05) is 48.5 Å². The molecule has 0 radical (unpaired) electrons. The highest BCUT2D eigenvalue weighted by Gasteiger charge is 2.59. The number of allylic oxidation sites excluding steroid dienone is 1. The summed E-state index contributed by atoms with van der Waals surface area (Å²) in [6.45, 7) is 14.6. The van der Waals surface area contributed by atoms with Crippen LogP contribution in [0.1, 0.15) is 121 Å². The molecule has 0 spiro atoms. The Morgan fingerprint density at radius 2 is 1.56 bits per heavy atom. The summed E-state index contributed by atoms with van der Waals surface area (Å²) in [6.07, 6.45) is 16.6. The Balaban J connectivity index is 1.06. The van der Waals surface area contributed by atoms with E-state index in [9.17, 15) is 4.79 Å². The third-order valence-corrected chi connectivity index (χ3v) is 13.0. The van der Waals surface area contributed by atoms with Gasteiger partial charge in [0.2, 0.25) is 0 Å². The smallest absolute Gasteiger partial charge is 0.338 e. The molecule has 0 amide bonds. The van der Waals surface area contributed by atoms with Crippen LogP contribution in [0.2, 0.25) is 0 Å². The lowest BCUT2D eigenvalue weighted by Crippen LogP contribution is -2.51. The zero-order valence-electron chi connectivity index (χ0n) is 28.7. The molecule has 0 heterocycles. The van der Waals surface area contributed by atoms with Crippen LogP contribution >= 0.6 is 0 Å². The molecule has 0 aliphatic heterocycles. The Labute approximate surface area is 272 Å². The minimum absolute atomic E-state index is 0.0364. The van der Waals surface area contributed by atoms with Gasteiger partial charge in [-0.3, -0.25) is 0 Å². The van der Waals surface area contributed by atoms with Crippen molar-refractivity contribution < 1.29 is 9.53 Å². The summed E-state index contributed by atoms with van der Waals surface area (Å²) in [5, 5.41) is 8.64. The number of nitrogens with zero attached hydrogens (tertiary/aromatic N) is 2. The fourth-order valence-electron chi connectivity index (χ4n) is 10.4. The van der Waals surface area contributed by atoms with Gasteiger partial charge < -0.3 is 4.74 Å². The molecule has 3 fully saturated rings. The Morgan fingerprint density at radius 3 is 2.24 bits per heavy atom. The number of esters is 1. The number of carbonyl (C=O) groups excluding carboxylic acids is 1. The number of rotatable bonds is 9. The van der Waals surface area contributed by atoms with E-state index in [1.165, 1.54) is 56.9 Å². The summed E-state index contributed by atoms with van der Waals surface area (Å²) < 4.78 is 6.13. The largest absolute Gasteiger partial charge is 0.458 e. The first-order valence-electron chi connectivity index (χ1n) is 18.1. The summed E-state index contributed by atoms with van der Waals surface area (Å²) in [5.41, 5.74) is 5.66. The minimum atomic E-state index is -0.229. The zero-order chi connectivity index (χ0) is 31.8. The first-order chi connectivity index (χ1) is 21.6. The van der Waals surface area contributed by atoms with Crippen LogP contribution in [0, 0.1) is 53.3 Å². The molecule has 242 valence electrons. The number of hydrogen-bond donors (Lipinski definition) is 0. The third kappa shape index (κ3) is 6.58. The maximum absolute atomic E-state index is 13.2. The number of benzene rings is 2. The lowest BCUT2D eigenvalue weighted by molar-refractivity contribution is -0.0594. The van der Waals surface area contributed by atoms with Crippen LogP contribution in [0.25, 0.3) is 0 Å². The topological polar surface area (TPSA) is 51.0 Å². The van der Waals surface area contributed by atoms with Crippen molar-refractivity contribution in [2.75, 3.05) is 0 Å². The zero-order valence-corrected chi connectivity index (χ0v) is 28.7. The first-order valence-corrected chi connectivity index (χ1v) is 18.1. The highest BCUT2D eigenvalue weighted by atomic mass is 16.5. The number of fused-ring (bicyclic) bond motifs is 5. The standard InChI is InChI=1S/C41H56N2O2/c1-27(2)8-7-9-29(4)36-20-21-37-35-19-14-31-26-34(22-24-40(31,5)38(35)23-25-41(36,37)6)45-39(44)30-12-17-33(18-13-30)43-42-32-15-10-28(3)11-16-32/h10-18,27,29,34-38H,7-9,19-26H2,1-6H3. The van der Waals surface area contributed by atoms with Crippen molar-refractivity contribution in [1.82, 2.24) is 0 Å². The van der Waals surface area contributed by atoms with Gasteiger partial charge in [-0.1, -0.05) is 83.2 Å². The predicted molar refractivity (Wildman–Crippen MR) is 184 cm³/mol. The summed E-state index contributed by atoms with van der Waals surface area (Å²) >= 11 is 0. The van der Waals surface area contributed by atoms with Gasteiger partial charge in [0.25, 0.3) is 0 Å². The van der Waals surface area contributed by atoms with Crippen LogP contribution in [-0.2, 0) is 4.74 Å². The van der Waals surface area contributed by atoms with Gasteiger partial charge in [-0.2, -0.15) is 10.2 Å². The van der Waals surface area contributed by atoms with Crippen LogP contribution < -0.4 is 0 Å². The average Bonchev–Trinajstić information content (AvgIpc) is 3.38. The molecule has 2 aromatic rings. The SMILES string of the molecule is Cc1ccc(N=Nc2ccc(C(=O)OC3CCC4(C)C(=CCC5C4CCC4(C)C(C(C)CCCC(C)C)CCC54)C3)cc2)cc1. The molecule has 4 heteroatoms. The number of hydrogen-bond acceptors (Lipinski definition) is 4. The second-order valence-corrected chi connectivity index (χ2v) is 16.1. The van der Waals surface area contributed by atoms with Gasteiger partial charge in [0.05, 0.1) is 16.9 Å². The molecule has 0 N–H and O–H groups in total. The van der Waals surface area contributed by atoms with Crippen LogP contribution in [0.3, 0.4) is 0 Å². The highest BCUT2D eigenvalue weighted by Crippen LogP contribution is 2.67. The summed E-state index contributed by atoms with van der Waals surface area (Å²) in [5.74, 6) is 4.82. The molecule has 0 saturated heterocycles. The number of azo groups is 1. The van der Waals surface area contributed by atoms with Gasteiger partial charge in [0.15, 0.2) is 0 Å². The second kappa shape index (κ2) is 13.2. The van der Waals surface area contributed by atoms with Crippen molar-refractivity contribution in [2.24, 2.45) is 56.6 Å². The Morgan fingerprint density at radius 1 is 0.867 bits per heavy atom. The van der Waals surface area contributed by atoms with E-state index in [1.54, 1.807) is 5.57 Å². The summed E-state index contributed by atoms with van der Waals surface area (Å²) in [7, 11) is 0. The van der Waals surface area contributed by atoms with Crippen molar-refractivity contribution in [3.05, 3.63) is 71.3 Å². The summed E-state index contributed by atoms with van der Waals surface area (Å²) in [4.78, 5) is 13.2. The monoisotopic (exact) mass is 608 g/mol. The molecule has 4 aliphatic carbocycles. The number of aryl methyl sites for hydroxylation is 1. The van der Waals surface area contributed by atoms with Gasteiger partial charge in [-0.05, 0) is 135 Å². The molecule has 0 bridgehead atoms. The fourth-order valence-corrected chi connectivity index (χ4v) is 10.4. The molecule has 6 rings (SSSR count). The third-order valence-electron chi connectivity index (χ3n) is 13.0. The lowest BCUT2D eigenvalue weighted by atomic mass is 9.47. The van der Waals surface area contributed by atoms with Crippen molar-refractivity contribution >= 4 is 17.3 Å². The van der Waals surface area contributed by atoms with Crippen molar-refractivity contribution in [1.29, 1.82) is 0 Å². The molecule has 3 saturated carbocycles. The predicted octanol–water partition coefficient (Wildman–Crippen LogP) is 12.0. The van der Waals surface area contributed by atoms with E-state index in [-0.39, 0.29) is 17.5 Å². The van der Waals surface area contributed by atoms with Crippen LogP contribution in [0.15, 0.2) is 70.4 Å². The normalized spacial score (nSPS) is 33.3. The van der Waals surface area contributed by atoms with Crippen molar-refractivity contribution in [3.63, 3.8) is 0 Å². The van der Waals surface area contributed by atoms with E-state index >= 15 is 0 Å². The van der Waals surface area contributed by atoms with Gasteiger partial charge in [0, 0.05) is 6.42 Å². The second-order valence-electron chi connectivity index (χ2n) is 16.1. The quantitative estimate of drug-likeness (QED) is 0.161. The average molecular weight is 609 g/mol. The highest BCUT2D eigenvalue weighted by molar-refractivity contribution is 5.89.